The third-order valence-electron chi connectivity index (χ3n) is 1.66. The van der Waals surface area contributed by atoms with Crippen LogP contribution < -0.4 is 0 Å². The minimum atomic E-state index is 0. The number of aryl methyl sites for hydroxylation is 1. The van der Waals surface area contributed by atoms with Gasteiger partial charge in [0.05, 0.1) is 0 Å². The Kier molecular flexibility index (Phi) is 6.05. The number of benzene rings is 1. The van der Waals surface area contributed by atoms with Gasteiger partial charge in [0.2, 0.25) is 0 Å². The molecule has 0 aromatic heterocycles. The number of hydrogen-bond donors (Lipinski definition) is 0. The van der Waals surface area contributed by atoms with Gasteiger partial charge < -0.3 is 0 Å². The molecule has 0 amide bonds. The van der Waals surface area contributed by atoms with E-state index < -0.39 is 0 Å². The molecule has 0 nitrogen and oxygen atoms in total. The molecule has 62 valence electrons. The summed E-state index contributed by atoms with van der Waals surface area (Å²) >= 11 is 0. The van der Waals surface area contributed by atoms with Crippen molar-refractivity contribution in [2.24, 2.45) is 0 Å². The molecule has 11 heavy (non-hydrogen) atoms. The van der Waals surface area contributed by atoms with E-state index in [1.165, 1.54) is 24.8 Å². The van der Waals surface area contributed by atoms with Crippen molar-refractivity contribution in [1.29, 1.82) is 0 Å². The van der Waals surface area contributed by atoms with E-state index in [0.29, 0.717) is 0 Å². The predicted octanol–water partition coefficient (Wildman–Crippen LogP) is 3.14. The largest absolute Gasteiger partial charge is 0.197 e. The zero-order valence-electron chi connectivity index (χ0n) is 7.01. The summed E-state index contributed by atoms with van der Waals surface area (Å²) in [6.45, 7) is 2.23. The summed E-state index contributed by atoms with van der Waals surface area (Å²) in [5.41, 5.74) is 1.46. The van der Waals surface area contributed by atoms with Crippen molar-refractivity contribution >= 4 is 13.5 Å². The van der Waals surface area contributed by atoms with Gasteiger partial charge in [0, 0.05) is 0 Å². The summed E-state index contributed by atoms with van der Waals surface area (Å²) in [4.78, 5) is 0. The zero-order chi connectivity index (χ0) is 7.23. The standard InChI is InChI=1S/C10H14.H2S/c1-2-3-7-10-8-5-4-6-9-10;/h4-6,8-9H,2-3,7H2,1H3;1H2. The van der Waals surface area contributed by atoms with E-state index in [1.54, 1.807) is 0 Å². The first kappa shape index (κ1) is 10.6. The van der Waals surface area contributed by atoms with Gasteiger partial charge >= 0.3 is 0 Å². The second-order valence-corrected chi connectivity index (χ2v) is 2.59. The Hall–Kier alpha value is -0.430. The fraction of sp³-hybridized carbons (Fsp3) is 0.400. The molecule has 1 rings (SSSR count). The second kappa shape index (κ2) is 6.29. The van der Waals surface area contributed by atoms with E-state index in [1.807, 2.05) is 0 Å². The Labute approximate surface area is 76.1 Å². The van der Waals surface area contributed by atoms with Gasteiger partial charge in [-0.3, -0.25) is 0 Å². The molecule has 0 radical (unpaired) electrons. The molecule has 1 aromatic rings. The second-order valence-electron chi connectivity index (χ2n) is 2.59. The number of rotatable bonds is 3. The van der Waals surface area contributed by atoms with Crippen LogP contribution in [0.5, 0.6) is 0 Å². The van der Waals surface area contributed by atoms with Gasteiger partial charge in [-0.15, -0.1) is 0 Å². The molecule has 0 N–H and O–H groups in total. The Morgan fingerprint density at radius 3 is 2.27 bits per heavy atom. The average molecular weight is 168 g/mol. The summed E-state index contributed by atoms with van der Waals surface area (Å²) in [7, 11) is 0. The maximum absolute atomic E-state index is 2.23. The highest BCUT2D eigenvalue weighted by Gasteiger charge is 1.87. The van der Waals surface area contributed by atoms with E-state index in [9.17, 15) is 0 Å². The van der Waals surface area contributed by atoms with E-state index in [4.69, 9.17) is 0 Å². The minimum absolute atomic E-state index is 0. The molecule has 1 heteroatoms. The minimum Gasteiger partial charge on any atom is -0.197 e. The van der Waals surface area contributed by atoms with Crippen LogP contribution in [-0.4, -0.2) is 0 Å². The molecule has 0 saturated heterocycles. The van der Waals surface area contributed by atoms with Gasteiger partial charge in [-0.05, 0) is 18.4 Å². The molecule has 0 atom stereocenters. The van der Waals surface area contributed by atoms with Crippen LogP contribution in [0.3, 0.4) is 0 Å². The monoisotopic (exact) mass is 168 g/mol. The summed E-state index contributed by atoms with van der Waals surface area (Å²) in [5, 5.41) is 0. The Morgan fingerprint density at radius 1 is 1.09 bits per heavy atom. The molecule has 0 spiro atoms. The lowest BCUT2D eigenvalue weighted by molar-refractivity contribution is 0.795. The molecule has 0 saturated carbocycles. The van der Waals surface area contributed by atoms with Crippen LogP contribution in [0.25, 0.3) is 0 Å². The average Bonchev–Trinajstić information content (AvgIpc) is 2.03. The smallest absolute Gasteiger partial charge is 0.0279 e. The molecule has 0 unspecified atom stereocenters. The Balaban J connectivity index is 0.000001000. The van der Waals surface area contributed by atoms with Crippen molar-refractivity contribution in [2.45, 2.75) is 26.2 Å². The SMILES string of the molecule is CCCCc1ccccc1.S. The lowest BCUT2D eigenvalue weighted by atomic mass is 10.1. The summed E-state index contributed by atoms with van der Waals surface area (Å²) < 4.78 is 0. The number of hydrogen-bond acceptors (Lipinski definition) is 0. The molecule has 0 aliphatic rings. The highest BCUT2D eigenvalue weighted by atomic mass is 32.1. The molecular formula is C10H16S. The Morgan fingerprint density at radius 2 is 1.73 bits per heavy atom. The van der Waals surface area contributed by atoms with E-state index in [-0.39, 0.29) is 13.5 Å². The van der Waals surface area contributed by atoms with E-state index in [0.717, 1.165) is 0 Å². The third kappa shape index (κ3) is 4.10. The lowest BCUT2D eigenvalue weighted by Gasteiger charge is -1.96. The Bertz CT molecular complexity index is 169. The van der Waals surface area contributed by atoms with Crippen LogP contribution in [0.15, 0.2) is 30.3 Å². The molecule has 0 fully saturated rings. The van der Waals surface area contributed by atoms with Crippen molar-refractivity contribution in [1.82, 2.24) is 0 Å². The van der Waals surface area contributed by atoms with Gasteiger partial charge in [-0.25, -0.2) is 0 Å². The topological polar surface area (TPSA) is 0 Å². The molecule has 0 aliphatic carbocycles. The van der Waals surface area contributed by atoms with Gasteiger partial charge in [-0.1, -0.05) is 43.7 Å². The van der Waals surface area contributed by atoms with Crippen molar-refractivity contribution in [3.05, 3.63) is 35.9 Å². The van der Waals surface area contributed by atoms with Crippen LogP contribution in [0.2, 0.25) is 0 Å². The van der Waals surface area contributed by atoms with Gasteiger partial charge in [-0.2, -0.15) is 13.5 Å². The first-order chi connectivity index (χ1) is 4.93. The molecule has 0 heterocycles. The summed E-state index contributed by atoms with van der Waals surface area (Å²) in [5.74, 6) is 0. The highest BCUT2D eigenvalue weighted by molar-refractivity contribution is 7.59. The van der Waals surface area contributed by atoms with Crippen LogP contribution >= 0.6 is 13.5 Å². The maximum Gasteiger partial charge on any atom is -0.0279 e. The number of unbranched alkanes of at least 4 members (excludes halogenated alkanes) is 1. The highest BCUT2D eigenvalue weighted by Crippen LogP contribution is 2.03. The molecule has 1 aromatic carbocycles. The van der Waals surface area contributed by atoms with Crippen LogP contribution in [0, 0.1) is 0 Å². The van der Waals surface area contributed by atoms with Gasteiger partial charge in [0.15, 0.2) is 0 Å². The van der Waals surface area contributed by atoms with Crippen LogP contribution in [0.4, 0.5) is 0 Å². The van der Waals surface area contributed by atoms with Crippen molar-refractivity contribution in [3.8, 4) is 0 Å². The molecular weight excluding hydrogens is 152 g/mol. The van der Waals surface area contributed by atoms with E-state index in [2.05, 4.69) is 37.3 Å². The quantitative estimate of drug-likeness (QED) is 0.650. The zero-order valence-corrected chi connectivity index (χ0v) is 8.01. The van der Waals surface area contributed by atoms with Crippen molar-refractivity contribution < 1.29 is 0 Å². The molecule has 0 aliphatic heterocycles. The predicted molar refractivity (Wildman–Crippen MR) is 55.4 cm³/mol. The van der Waals surface area contributed by atoms with Crippen molar-refractivity contribution in [2.75, 3.05) is 0 Å². The first-order valence-electron chi connectivity index (χ1n) is 3.97. The van der Waals surface area contributed by atoms with Gasteiger partial charge in [0.1, 0.15) is 0 Å². The fourth-order valence-corrected chi connectivity index (χ4v) is 1.03. The van der Waals surface area contributed by atoms with Crippen LogP contribution in [0.1, 0.15) is 25.3 Å². The summed E-state index contributed by atoms with van der Waals surface area (Å²) in [6.07, 6.45) is 3.83. The van der Waals surface area contributed by atoms with Crippen LogP contribution in [-0.2, 0) is 6.42 Å². The van der Waals surface area contributed by atoms with Gasteiger partial charge in [0.25, 0.3) is 0 Å². The third-order valence-corrected chi connectivity index (χ3v) is 1.66. The fourth-order valence-electron chi connectivity index (χ4n) is 1.03. The van der Waals surface area contributed by atoms with Crippen molar-refractivity contribution in [3.63, 3.8) is 0 Å². The normalized spacial score (nSPS) is 8.82. The first-order valence-corrected chi connectivity index (χ1v) is 3.97. The maximum atomic E-state index is 2.23. The van der Waals surface area contributed by atoms with E-state index >= 15 is 0 Å². The lowest BCUT2D eigenvalue weighted by Crippen LogP contribution is -1.81. The molecule has 0 bridgehead atoms. The summed E-state index contributed by atoms with van der Waals surface area (Å²) in [6, 6.07) is 10.6.